The molecule has 0 aromatic carbocycles. The van der Waals surface area contributed by atoms with E-state index < -0.39 is 11.5 Å². The Labute approximate surface area is 121 Å². The van der Waals surface area contributed by atoms with E-state index >= 15 is 0 Å². The molecule has 7 nitrogen and oxygen atoms in total. The average molecular weight is 300 g/mol. The lowest BCUT2D eigenvalue weighted by molar-refractivity contribution is -0.145. The molecule has 2 rings (SSSR count). The fourth-order valence-corrected chi connectivity index (χ4v) is 3.87. The van der Waals surface area contributed by atoms with Crippen LogP contribution in [0.25, 0.3) is 0 Å². The summed E-state index contributed by atoms with van der Waals surface area (Å²) in [6.45, 7) is 3.89. The number of thioether (sulfide) groups is 1. The van der Waals surface area contributed by atoms with Crippen LogP contribution in [-0.2, 0) is 11.8 Å². The minimum absolute atomic E-state index is 0.115. The van der Waals surface area contributed by atoms with Gasteiger partial charge < -0.3 is 5.11 Å². The molecular formula is C12H20N4O3S. The quantitative estimate of drug-likeness (QED) is 0.735. The van der Waals surface area contributed by atoms with Crippen molar-refractivity contribution >= 4 is 17.7 Å². The zero-order valence-electron chi connectivity index (χ0n) is 11.8. The Morgan fingerprint density at radius 2 is 2.35 bits per heavy atom. The lowest BCUT2D eigenvalue weighted by Crippen LogP contribution is -2.53. The van der Waals surface area contributed by atoms with Gasteiger partial charge in [0.2, 0.25) is 0 Å². The molecule has 1 saturated carbocycles. The van der Waals surface area contributed by atoms with E-state index in [2.05, 4.69) is 15.5 Å². The normalized spacial score (nSPS) is 26.3. The molecule has 0 radical (unpaired) electrons. The van der Waals surface area contributed by atoms with E-state index in [1.54, 1.807) is 7.05 Å². The zero-order chi connectivity index (χ0) is 14.9. The van der Waals surface area contributed by atoms with Gasteiger partial charge in [0.1, 0.15) is 5.54 Å². The second-order valence-corrected chi connectivity index (χ2v) is 6.81. The SMILES string of the molecule is CC(C)NC1(C(=O)O)CCC(Sc2n[nH]c(=O)n2C)C1. The number of aliphatic carboxylic acids is 1. The van der Waals surface area contributed by atoms with E-state index in [9.17, 15) is 14.7 Å². The highest BCUT2D eigenvalue weighted by molar-refractivity contribution is 7.99. The Morgan fingerprint density at radius 1 is 1.65 bits per heavy atom. The summed E-state index contributed by atoms with van der Waals surface area (Å²) < 4.78 is 1.45. The molecule has 1 aliphatic carbocycles. The highest BCUT2D eigenvalue weighted by Gasteiger charge is 2.46. The summed E-state index contributed by atoms with van der Waals surface area (Å²) in [5.41, 5.74) is -1.11. The maximum atomic E-state index is 11.6. The topological polar surface area (TPSA) is 100 Å². The summed E-state index contributed by atoms with van der Waals surface area (Å²) in [6, 6.07) is 0.115. The monoisotopic (exact) mass is 300 g/mol. The molecular weight excluding hydrogens is 280 g/mol. The lowest BCUT2D eigenvalue weighted by Gasteiger charge is -2.28. The van der Waals surface area contributed by atoms with Gasteiger partial charge in [-0.2, -0.15) is 0 Å². The minimum Gasteiger partial charge on any atom is -0.480 e. The molecule has 1 aliphatic rings. The van der Waals surface area contributed by atoms with Crippen LogP contribution in [0.5, 0.6) is 0 Å². The summed E-state index contributed by atoms with van der Waals surface area (Å²) in [5, 5.41) is 19.8. The summed E-state index contributed by atoms with van der Waals surface area (Å²) in [5.74, 6) is -0.801. The van der Waals surface area contributed by atoms with Gasteiger partial charge in [0.25, 0.3) is 0 Å². The van der Waals surface area contributed by atoms with E-state index in [0.717, 1.165) is 6.42 Å². The third kappa shape index (κ3) is 2.90. The summed E-state index contributed by atoms with van der Waals surface area (Å²) in [7, 11) is 1.65. The third-order valence-electron chi connectivity index (χ3n) is 3.55. The molecule has 8 heteroatoms. The van der Waals surface area contributed by atoms with Crippen LogP contribution in [0.1, 0.15) is 33.1 Å². The molecule has 0 aliphatic heterocycles. The predicted molar refractivity (Wildman–Crippen MR) is 76.0 cm³/mol. The number of carboxylic acids is 1. The van der Waals surface area contributed by atoms with Crippen LogP contribution in [0.2, 0.25) is 0 Å². The van der Waals surface area contributed by atoms with Gasteiger partial charge in [0.05, 0.1) is 0 Å². The zero-order valence-corrected chi connectivity index (χ0v) is 12.7. The molecule has 0 bridgehead atoms. The Balaban J connectivity index is 2.09. The van der Waals surface area contributed by atoms with Crippen molar-refractivity contribution in [1.82, 2.24) is 20.1 Å². The van der Waals surface area contributed by atoms with Gasteiger partial charge in [-0.1, -0.05) is 11.8 Å². The van der Waals surface area contributed by atoms with Gasteiger partial charge in [0, 0.05) is 18.3 Å². The number of nitrogens with one attached hydrogen (secondary N) is 2. The maximum Gasteiger partial charge on any atom is 0.343 e. The molecule has 1 heterocycles. The van der Waals surface area contributed by atoms with Gasteiger partial charge >= 0.3 is 11.7 Å². The first-order chi connectivity index (χ1) is 9.34. The van der Waals surface area contributed by atoms with Crippen LogP contribution in [0.4, 0.5) is 0 Å². The van der Waals surface area contributed by atoms with Crippen molar-refractivity contribution in [2.24, 2.45) is 7.05 Å². The number of carboxylic acid groups (broad SMARTS) is 1. The number of H-pyrrole nitrogens is 1. The van der Waals surface area contributed by atoms with E-state index in [-0.39, 0.29) is 17.0 Å². The molecule has 1 aromatic rings. The van der Waals surface area contributed by atoms with Crippen molar-refractivity contribution in [3.8, 4) is 0 Å². The fraction of sp³-hybridized carbons (Fsp3) is 0.750. The standard InChI is InChI=1S/C12H20N4O3S/c1-7(2)13-12(9(17)18)5-4-8(6-12)20-11-15-14-10(19)16(11)3/h7-8,13H,4-6H2,1-3H3,(H,14,19)(H,17,18). The number of aromatic amines is 1. The van der Waals surface area contributed by atoms with Gasteiger partial charge in [-0.05, 0) is 33.1 Å². The number of nitrogens with zero attached hydrogens (tertiary/aromatic N) is 2. The summed E-state index contributed by atoms with van der Waals surface area (Å²) in [4.78, 5) is 22.9. The Bertz CT molecular complexity index is 553. The van der Waals surface area contributed by atoms with Gasteiger partial charge in [0.15, 0.2) is 5.16 Å². The van der Waals surface area contributed by atoms with E-state index in [1.165, 1.54) is 16.3 Å². The Hall–Kier alpha value is -1.28. The first kappa shape index (κ1) is 15.1. The molecule has 1 aromatic heterocycles. The van der Waals surface area contributed by atoms with Crippen molar-refractivity contribution in [3.05, 3.63) is 10.5 Å². The molecule has 2 unspecified atom stereocenters. The fourth-order valence-electron chi connectivity index (χ4n) is 2.63. The molecule has 112 valence electrons. The molecule has 0 amide bonds. The number of rotatable bonds is 5. The van der Waals surface area contributed by atoms with Crippen molar-refractivity contribution < 1.29 is 9.90 Å². The van der Waals surface area contributed by atoms with Crippen molar-refractivity contribution in [1.29, 1.82) is 0 Å². The van der Waals surface area contributed by atoms with Crippen LogP contribution in [0.15, 0.2) is 9.95 Å². The van der Waals surface area contributed by atoms with Crippen LogP contribution in [0.3, 0.4) is 0 Å². The van der Waals surface area contributed by atoms with Crippen LogP contribution in [-0.4, -0.2) is 42.7 Å². The smallest absolute Gasteiger partial charge is 0.343 e. The summed E-state index contributed by atoms with van der Waals surface area (Å²) >= 11 is 1.46. The van der Waals surface area contributed by atoms with E-state index in [1.807, 2.05) is 13.8 Å². The highest BCUT2D eigenvalue weighted by Crippen LogP contribution is 2.39. The maximum absolute atomic E-state index is 11.6. The molecule has 1 fully saturated rings. The van der Waals surface area contributed by atoms with Crippen molar-refractivity contribution in [3.63, 3.8) is 0 Å². The molecule has 20 heavy (non-hydrogen) atoms. The molecule has 2 atom stereocenters. The Morgan fingerprint density at radius 3 is 2.85 bits per heavy atom. The number of carbonyl (C=O) groups is 1. The van der Waals surface area contributed by atoms with Crippen LogP contribution < -0.4 is 11.0 Å². The first-order valence-corrected chi connectivity index (χ1v) is 7.51. The van der Waals surface area contributed by atoms with Crippen molar-refractivity contribution in [2.45, 2.75) is 55.1 Å². The number of aromatic nitrogens is 3. The van der Waals surface area contributed by atoms with Crippen LogP contribution in [0, 0.1) is 0 Å². The molecule has 0 saturated heterocycles. The summed E-state index contributed by atoms with van der Waals surface area (Å²) in [6.07, 6.45) is 1.92. The van der Waals surface area contributed by atoms with E-state index in [0.29, 0.717) is 18.0 Å². The first-order valence-electron chi connectivity index (χ1n) is 6.63. The number of hydrogen-bond acceptors (Lipinski definition) is 5. The predicted octanol–water partition coefficient (Wildman–Crippen LogP) is 0.574. The highest BCUT2D eigenvalue weighted by atomic mass is 32.2. The average Bonchev–Trinajstić information content (AvgIpc) is 2.89. The molecule has 3 N–H and O–H groups in total. The van der Waals surface area contributed by atoms with Gasteiger partial charge in [-0.25, -0.2) is 9.89 Å². The van der Waals surface area contributed by atoms with Gasteiger partial charge in [-0.3, -0.25) is 14.7 Å². The van der Waals surface area contributed by atoms with E-state index in [4.69, 9.17) is 0 Å². The number of hydrogen-bond donors (Lipinski definition) is 3. The second-order valence-electron chi connectivity index (χ2n) is 5.54. The second kappa shape index (κ2) is 5.61. The van der Waals surface area contributed by atoms with Gasteiger partial charge in [-0.15, -0.1) is 5.10 Å². The van der Waals surface area contributed by atoms with Crippen LogP contribution >= 0.6 is 11.8 Å². The molecule has 0 spiro atoms. The van der Waals surface area contributed by atoms with Crippen molar-refractivity contribution in [2.75, 3.05) is 0 Å². The minimum atomic E-state index is -0.860. The largest absolute Gasteiger partial charge is 0.480 e. The lowest BCUT2D eigenvalue weighted by atomic mass is 9.97. The Kier molecular flexibility index (Phi) is 4.24. The third-order valence-corrected chi connectivity index (χ3v) is 4.87.